The number of nitrogens with one attached hydrogen (secondary N) is 1. The largest absolute Gasteiger partial charge is 0.462 e. The minimum atomic E-state index is -0.375. The summed E-state index contributed by atoms with van der Waals surface area (Å²) in [6, 6.07) is 15.7. The first-order valence-electron chi connectivity index (χ1n) is 7.57. The molecule has 4 nitrogen and oxygen atoms in total. The average molecular weight is 306 g/mol. The van der Waals surface area contributed by atoms with Gasteiger partial charge in [0.25, 0.3) is 0 Å². The van der Waals surface area contributed by atoms with Gasteiger partial charge >= 0.3 is 5.97 Å². The molecule has 0 bridgehead atoms. The number of carbonyl (C=O) groups excluding carboxylic acids is 1. The lowest BCUT2D eigenvalue weighted by Crippen LogP contribution is -2.09. The third kappa shape index (κ3) is 3.16. The number of pyridine rings is 1. The number of hydrogen-bond acceptors (Lipinski definition) is 4. The van der Waals surface area contributed by atoms with Gasteiger partial charge in [0.15, 0.2) is 0 Å². The summed E-state index contributed by atoms with van der Waals surface area (Å²) in [5, 5.41) is 4.23. The molecule has 0 unspecified atom stereocenters. The summed E-state index contributed by atoms with van der Waals surface area (Å²) >= 11 is 0. The minimum absolute atomic E-state index is 0.329. The second-order valence-corrected chi connectivity index (χ2v) is 5.28. The lowest BCUT2D eigenvalue weighted by atomic mass is 10.1. The number of anilines is 2. The maximum absolute atomic E-state index is 12.3. The van der Waals surface area contributed by atoms with Crippen LogP contribution < -0.4 is 5.32 Å². The monoisotopic (exact) mass is 306 g/mol. The van der Waals surface area contributed by atoms with Gasteiger partial charge in [-0.2, -0.15) is 0 Å². The van der Waals surface area contributed by atoms with Crippen molar-refractivity contribution in [1.29, 1.82) is 0 Å². The van der Waals surface area contributed by atoms with Gasteiger partial charge in [0.2, 0.25) is 0 Å². The second kappa shape index (κ2) is 6.48. The Kier molecular flexibility index (Phi) is 4.24. The van der Waals surface area contributed by atoms with Gasteiger partial charge in [-0.05, 0) is 32.0 Å². The van der Waals surface area contributed by atoms with E-state index in [0.717, 1.165) is 22.3 Å². The van der Waals surface area contributed by atoms with Crippen molar-refractivity contribution in [2.45, 2.75) is 13.8 Å². The smallest absolute Gasteiger partial charge is 0.341 e. The molecule has 0 saturated carbocycles. The quantitative estimate of drug-likeness (QED) is 0.723. The molecule has 1 aromatic heterocycles. The molecular weight excluding hydrogens is 288 g/mol. The van der Waals surface area contributed by atoms with Crippen LogP contribution in [0.5, 0.6) is 0 Å². The SMILES string of the molecule is CCOC(=O)c1cnc2ccccc2c1Nc1ccc(C)cc1. The maximum atomic E-state index is 12.3. The van der Waals surface area contributed by atoms with E-state index < -0.39 is 0 Å². The molecule has 0 aliphatic carbocycles. The number of carbonyl (C=O) groups is 1. The Morgan fingerprint density at radius 2 is 1.87 bits per heavy atom. The molecule has 4 heteroatoms. The molecule has 0 saturated heterocycles. The lowest BCUT2D eigenvalue weighted by Gasteiger charge is -2.14. The number of aryl methyl sites for hydroxylation is 1. The molecule has 0 atom stereocenters. The normalized spacial score (nSPS) is 10.5. The fourth-order valence-corrected chi connectivity index (χ4v) is 2.42. The van der Waals surface area contributed by atoms with Crippen LogP contribution in [0.15, 0.2) is 54.7 Å². The van der Waals surface area contributed by atoms with Gasteiger partial charge in [-0.3, -0.25) is 4.98 Å². The van der Waals surface area contributed by atoms with Crippen molar-refractivity contribution in [2.75, 3.05) is 11.9 Å². The third-order valence-electron chi connectivity index (χ3n) is 3.59. The Labute approximate surface area is 135 Å². The average Bonchev–Trinajstić information content (AvgIpc) is 2.57. The summed E-state index contributed by atoms with van der Waals surface area (Å²) in [4.78, 5) is 16.6. The van der Waals surface area contributed by atoms with E-state index >= 15 is 0 Å². The number of nitrogens with zero attached hydrogens (tertiary/aromatic N) is 1. The van der Waals surface area contributed by atoms with Gasteiger partial charge in [-0.1, -0.05) is 35.9 Å². The van der Waals surface area contributed by atoms with E-state index in [1.165, 1.54) is 5.56 Å². The van der Waals surface area contributed by atoms with E-state index in [-0.39, 0.29) is 5.97 Å². The number of ether oxygens (including phenoxy) is 1. The molecule has 3 aromatic rings. The number of fused-ring (bicyclic) bond motifs is 1. The van der Waals surface area contributed by atoms with Gasteiger partial charge in [0.1, 0.15) is 5.56 Å². The molecule has 1 heterocycles. The van der Waals surface area contributed by atoms with Crippen molar-refractivity contribution in [1.82, 2.24) is 4.98 Å². The molecule has 3 rings (SSSR count). The summed E-state index contributed by atoms with van der Waals surface area (Å²) < 4.78 is 5.16. The summed E-state index contributed by atoms with van der Waals surface area (Å²) in [5.41, 5.74) is 4.08. The first-order chi connectivity index (χ1) is 11.2. The number of para-hydroxylation sites is 1. The van der Waals surface area contributed by atoms with Crippen molar-refractivity contribution < 1.29 is 9.53 Å². The van der Waals surface area contributed by atoms with E-state index in [0.29, 0.717) is 12.2 Å². The molecule has 0 aliphatic heterocycles. The van der Waals surface area contributed by atoms with E-state index in [4.69, 9.17) is 4.74 Å². The summed E-state index contributed by atoms with van der Waals surface area (Å²) in [7, 11) is 0. The van der Waals surface area contributed by atoms with Crippen LogP contribution in [-0.2, 0) is 4.74 Å². The fourth-order valence-electron chi connectivity index (χ4n) is 2.42. The highest BCUT2D eigenvalue weighted by Gasteiger charge is 2.16. The number of aromatic nitrogens is 1. The van der Waals surface area contributed by atoms with E-state index in [1.54, 1.807) is 13.1 Å². The van der Waals surface area contributed by atoms with E-state index in [1.807, 2.05) is 55.5 Å². The van der Waals surface area contributed by atoms with Crippen molar-refractivity contribution in [3.05, 3.63) is 65.9 Å². The van der Waals surface area contributed by atoms with Crippen molar-refractivity contribution in [3.8, 4) is 0 Å². The Bertz CT molecular complexity index is 842. The van der Waals surface area contributed by atoms with Gasteiger partial charge in [0.05, 0.1) is 17.8 Å². The molecule has 0 spiro atoms. The molecule has 0 radical (unpaired) electrons. The zero-order valence-corrected chi connectivity index (χ0v) is 13.2. The Balaban J connectivity index is 2.12. The van der Waals surface area contributed by atoms with Crippen LogP contribution in [0.25, 0.3) is 10.9 Å². The van der Waals surface area contributed by atoms with Crippen LogP contribution in [0, 0.1) is 6.92 Å². The second-order valence-electron chi connectivity index (χ2n) is 5.28. The number of hydrogen-bond donors (Lipinski definition) is 1. The van der Waals surface area contributed by atoms with E-state index in [2.05, 4.69) is 10.3 Å². The molecule has 2 aromatic carbocycles. The molecule has 0 fully saturated rings. The molecule has 116 valence electrons. The summed E-state index contributed by atoms with van der Waals surface area (Å²) in [5.74, 6) is -0.375. The zero-order valence-electron chi connectivity index (χ0n) is 13.2. The standard InChI is InChI=1S/C19H18N2O2/c1-3-23-19(22)16-12-20-17-7-5-4-6-15(17)18(16)21-14-10-8-13(2)9-11-14/h4-12H,3H2,1-2H3,(H,20,21). The highest BCUT2D eigenvalue weighted by Crippen LogP contribution is 2.29. The molecule has 0 aliphatic rings. The zero-order chi connectivity index (χ0) is 16.2. The molecule has 0 amide bonds. The van der Waals surface area contributed by atoms with Crippen molar-refractivity contribution in [3.63, 3.8) is 0 Å². The molecule has 1 N–H and O–H groups in total. The first kappa shape index (κ1) is 15.0. The van der Waals surface area contributed by atoms with Crippen LogP contribution >= 0.6 is 0 Å². The Morgan fingerprint density at radius 3 is 2.61 bits per heavy atom. The van der Waals surface area contributed by atoms with Crippen molar-refractivity contribution >= 4 is 28.2 Å². The van der Waals surface area contributed by atoms with Gasteiger partial charge < -0.3 is 10.1 Å². The van der Waals surface area contributed by atoms with Crippen LogP contribution in [0.1, 0.15) is 22.8 Å². The first-order valence-corrected chi connectivity index (χ1v) is 7.57. The maximum Gasteiger partial charge on any atom is 0.341 e. The van der Waals surface area contributed by atoms with E-state index in [9.17, 15) is 4.79 Å². The highest BCUT2D eigenvalue weighted by atomic mass is 16.5. The van der Waals surface area contributed by atoms with Gasteiger partial charge in [-0.25, -0.2) is 4.79 Å². The Morgan fingerprint density at radius 1 is 1.13 bits per heavy atom. The Hall–Kier alpha value is -2.88. The third-order valence-corrected chi connectivity index (χ3v) is 3.59. The molecule has 23 heavy (non-hydrogen) atoms. The van der Waals surface area contributed by atoms with Crippen LogP contribution in [0.2, 0.25) is 0 Å². The predicted octanol–water partition coefficient (Wildman–Crippen LogP) is 4.46. The topological polar surface area (TPSA) is 51.2 Å². The van der Waals surface area contributed by atoms with Crippen LogP contribution in [-0.4, -0.2) is 17.6 Å². The minimum Gasteiger partial charge on any atom is -0.462 e. The summed E-state index contributed by atoms with van der Waals surface area (Å²) in [6.07, 6.45) is 1.57. The molecular formula is C19H18N2O2. The summed E-state index contributed by atoms with van der Waals surface area (Å²) in [6.45, 7) is 4.16. The number of benzene rings is 2. The van der Waals surface area contributed by atoms with Crippen LogP contribution in [0.3, 0.4) is 0 Å². The van der Waals surface area contributed by atoms with Gasteiger partial charge in [0, 0.05) is 17.3 Å². The van der Waals surface area contributed by atoms with Crippen molar-refractivity contribution in [2.24, 2.45) is 0 Å². The number of esters is 1. The predicted molar refractivity (Wildman–Crippen MR) is 92.2 cm³/mol. The number of rotatable bonds is 4. The fraction of sp³-hybridized carbons (Fsp3) is 0.158. The lowest BCUT2D eigenvalue weighted by molar-refractivity contribution is 0.0527. The van der Waals surface area contributed by atoms with Gasteiger partial charge in [-0.15, -0.1) is 0 Å². The highest BCUT2D eigenvalue weighted by molar-refractivity contribution is 6.05. The van der Waals surface area contributed by atoms with Crippen LogP contribution in [0.4, 0.5) is 11.4 Å².